The van der Waals surface area contributed by atoms with Crippen molar-refractivity contribution in [1.29, 1.82) is 0 Å². The molecule has 0 amide bonds. The van der Waals surface area contributed by atoms with Crippen LogP contribution in [0.4, 0.5) is 0 Å². The molecule has 0 saturated carbocycles. The molecule has 0 aliphatic carbocycles. The van der Waals surface area contributed by atoms with E-state index < -0.39 is 0 Å². The van der Waals surface area contributed by atoms with Gasteiger partial charge in [-0.15, -0.1) is 0 Å². The summed E-state index contributed by atoms with van der Waals surface area (Å²) in [5, 5.41) is 0. The maximum Gasteiger partial charge on any atom is 0.124 e. The predicted octanol–water partition coefficient (Wildman–Crippen LogP) is 2.40. The zero-order chi connectivity index (χ0) is 13.5. The Balaban J connectivity index is 2.90. The van der Waals surface area contributed by atoms with Crippen LogP contribution in [0, 0.1) is 0 Å². The third kappa shape index (κ3) is 4.29. The summed E-state index contributed by atoms with van der Waals surface area (Å²) in [6.45, 7) is 6.05. The molecular weight excluding hydrogens is 228 g/mol. The molecule has 0 saturated heterocycles. The third-order valence-electron chi connectivity index (χ3n) is 2.83. The lowest BCUT2D eigenvalue weighted by molar-refractivity contribution is 0.0997. The van der Waals surface area contributed by atoms with Gasteiger partial charge in [0.25, 0.3) is 0 Å². The van der Waals surface area contributed by atoms with Gasteiger partial charge in [0.15, 0.2) is 0 Å². The Bertz CT molecular complexity index is 355. The van der Waals surface area contributed by atoms with Crippen molar-refractivity contribution in [3.8, 4) is 5.75 Å². The van der Waals surface area contributed by atoms with Crippen LogP contribution in [0.5, 0.6) is 5.75 Å². The van der Waals surface area contributed by atoms with Gasteiger partial charge >= 0.3 is 0 Å². The van der Waals surface area contributed by atoms with Crippen LogP contribution in [0.3, 0.4) is 0 Å². The summed E-state index contributed by atoms with van der Waals surface area (Å²) in [7, 11) is 1.70. The highest BCUT2D eigenvalue weighted by Crippen LogP contribution is 2.28. The Morgan fingerprint density at radius 2 is 1.89 bits per heavy atom. The van der Waals surface area contributed by atoms with Gasteiger partial charge in [-0.2, -0.15) is 0 Å². The van der Waals surface area contributed by atoms with E-state index in [1.54, 1.807) is 7.11 Å². The van der Waals surface area contributed by atoms with Gasteiger partial charge in [0.05, 0.1) is 18.2 Å². The number of para-hydroxylation sites is 1. The van der Waals surface area contributed by atoms with Crippen molar-refractivity contribution in [1.82, 2.24) is 5.43 Å². The summed E-state index contributed by atoms with van der Waals surface area (Å²) in [4.78, 5) is 0. The molecule has 0 aliphatic rings. The summed E-state index contributed by atoms with van der Waals surface area (Å²) in [6, 6.07) is 7.98. The van der Waals surface area contributed by atoms with Crippen molar-refractivity contribution in [2.45, 2.75) is 45.4 Å². The number of hydrogen-bond donors (Lipinski definition) is 2. The third-order valence-corrected chi connectivity index (χ3v) is 2.83. The van der Waals surface area contributed by atoms with Gasteiger partial charge in [-0.05, 0) is 33.3 Å². The summed E-state index contributed by atoms with van der Waals surface area (Å²) >= 11 is 0. The molecule has 0 aromatic heterocycles. The van der Waals surface area contributed by atoms with E-state index in [0.29, 0.717) is 0 Å². The summed E-state index contributed by atoms with van der Waals surface area (Å²) in [5.41, 5.74) is 3.90. The summed E-state index contributed by atoms with van der Waals surface area (Å²) in [6.07, 6.45) is 1.08. The molecule has 4 heteroatoms. The van der Waals surface area contributed by atoms with Crippen LogP contribution in [0.25, 0.3) is 0 Å². The van der Waals surface area contributed by atoms with Gasteiger partial charge in [0.2, 0.25) is 0 Å². The van der Waals surface area contributed by atoms with Crippen LogP contribution in [-0.4, -0.2) is 19.3 Å². The highest BCUT2D eigenvalue weighted by Gasteiger charge is 2.18. The lowest BCUT2D eigenvalue weighted by Crippen LogP contribution is -2.31. The van der Waals surface area contributed by atoms with E-state index in [4.69, 9.17) is 15.3 Å². The quantitative estimate of drug-likeness (QED) is 0.578. The molecule has 0 bridgehead atoms. The number of rotatable bonds is 7. The van der Waals surface area contributed by atoms with Crippen LogP contribution in [0.15, 0.2) is 24.3 Å². The molecule has 2 unspecified atom stereocenters. The number of ether oxygens (including phenoxy) is 2. The van der Waals surface area contributed by atoms with Crippen molar-refractivity contribution in [3.05, 3.63) is 29.8 Å². The maximum absolute atomic E-state index is 5.81. The van der Waals surface area contributed by atoms with Crippen molar-refractivity contribution >= 4 is 0 Å². The first-order valence-corrected chi connectivity index (χ1v) is 6.33. The first kappa shape index (κ1) is 15.0. The van der Waals surface area contributed by atoms with Crippen LogP contribution in [-0.2, 0) is 4.74 Å². The average Bonchev–Trinajstić information content (AvgIpc) is 2.36. The molecule has 0 aliphatic heterocycles. The van der Waals surface area contributed by atoms with Crippen molar-refractivity contribution < 1.29 is 9.47 Å². The SMILES string of the molecule is COC(C)CC(NN)c1ccccc1OC(C)C. The Morgan fingerprint density at radius 1 is 1.22 bits per heavy atom. The van der Waals surface area contributed by atoms with E-state index in [1.165, 1.54) is 0 Å². The molecule has 4 nitrogen and oxygen atoms in total. The molecule has 1 aromatic rings. The second kappa shape index (κ2) is 7.36. The number of nitrogens with one attached hydrogen (secondary N) is 1. The zero-order valence-electron chi connectivity index (χ0n) is 11.6. The Labute approximate surface area is 109 Å². The first-order chi connectivity index (χ1) is 8.58. The van der Waals surface area contributed by atoms with Gasteiger partial charge in [0, 0.05) is 12.7 Å². The molecule has 3 N–H and O–H groups in total. The Morgan fingerprint density at radius 3 is 2.44 bits per heavy atom. The highest BCUT2D eigenvalue weighted by molar-refractivity contribution is 5.36. The van der Waals surface area contributed by atoms with E-state index in [0.717, 1.165) is 17.7 Å². The fourth-order valence-corrected chi connectivity index (χ4v) is 1.84. The van der Waals surface area contributed by atoms with Gasteiger partial charge in [0.1, 0.15) is 5.75 Å². The average molecular weight is 252 g/mol. The van der Waals surface area contributed by atoms with Crippen LogP contribution in [0.2, 0.25) is 0 Å². The Kier molecular flexibility index (Phi) is 6.12. The largest absolute Gasteiger partial charge is 0.491 e. The van der Waals surface area contributed by atoms with Gasteiger partial charge in [-0.1, -0.05) is 18.2 Å². The lowest BCUT2D eigenvalue weighted by Gasteiger charge is -2.23. The number of hydrazine groups is 1. The fourth-order valence-electron chi connectivity index (χ4n) is 1.84. The summed E-state index contributed by atoms with van der Waals surface area (Å²) < 4.78 is 11.1. The molecular formula is C14H24N2O2. The molecule has 0 spiro atoms. The molecule has 0 radical (unpaired) electrons. The zero-order valence-corrected chi connectivity index (χ0v) is 11.6. The number of benzene rings is 1. The topological polar surface area (TPSA) is 56.5 Å². The highest BCUT2D eigenvalue weighted by atomic mass is 16.5. The molecule has 0 fully saturated rings. The van der Waals surface area contributed by atoms with E-state index in [9.17, 15) is 0 Å². The molecule has 1 rings (SSSR count). The second-order valence-electron chi connectivity index (χ2n) is 4.71. The van der Waals surface area contributed by atoms with E-state index in [-0.39, 0.29) is 18.2 Å². The summed E-state index contributed by atoms with van der Waals surface area (Å²) in [5.74, 6) is 6.52. The normalized spacial score (nSPS) is 14.6. The van der Waals surface area contributed by atoms with Crippen molar-refractivity contribution in [2.75, 3.05) is 7.11 Å². The number of hydrogen-bond acceptors (Lipinski definition) is 4. The minimum Gasteiger partial charge on any atom is -0.491 e. The smallest absolute Gasteiger partial charge is 0.124 e. The number of methoxy groups -OCH3 is 1. The van der Waals surface area contributed by atoms with Crippen molar-refractivity contribution in [2.24, 2.45) is 5.84 Å². The predicted molar refractivity (Wildman–Crippen MR) is 73.4 cm³/mol. The van der Waals surface area contributed by atoms with E-state index >= 15 is 0 Å². The first-order valence-electron chi connectivity index (χ1n) is 6.33. The van der Waals surface area contributed by atoms with Gasteiger partial charge in [-0.3, -0.25) is 11.3 Å². The van der Waals surface area contributed by atoms with Gasteiger partial charge in [-0.25, -0.2) is 0 Å². The lowest BCUT2D eigenvalue weighted by atomic mass is 10.0. The standard InChI is InChI=1S/C14H24N2O2/c1-10(2)18-14-8-6-5-7-12(14)13(16-15)9-11(3)17-4/h5-8,10-11,13,16H,9,15H2,1-4H3. The van der Waals surface area contributed by atoms with Crippen LogP contribution >= 0.6 is 0 Å². The minimum absolute atomic E-state index is 0.0231. The van der Waals surface area contributed by atoms with E-state index in [2.05, 4.69) is 5.43 Å². The van der Waals surface area contributed by atoms with Gasteiger partial charge < -0.3 is 9.47 Å². The fraction of sp³-hybridized carbons (Fsp3) is 0.571. The Hall–Kier alpha value is -1.10. The van der Waals surface area contributed by atoms with E-state index in [1.807, 2.05) is 45.0 Å². The molecule has 2 atom stereocenters. The molecule has 0 heterocycles. The second-order valence-corrected chi connectivity index (χ2v) is 4.71. The van der Waals surface area contributed by atoms with Crippen LogP contribution in [0.1, 0.15) is 38.8 Å². The van der Waals surface area contributed by atoms with Crippen LogP contribution < -0.4 is 16.0 Å². The molecule has 1 aromatic carbocycles. The maximum atomic E-state index is 5.81. The monoisotopic (exact) mass is 252 g/mol. The molecule has 102 valence electrons. The number of nitrogens with two attached hydrogens (primary N) is 1. The minimum atomic E-state index is 0.0231. The molecule has 18 heavy (non-hydrogen) atoms. The van der Waals surface area contributed by atoms with Crippen molar-refractivity contribution in [3.63, 3.8) is 0 Å².